The molecule has 0 atom stereocenters. The number of likely N-dealkylation sites (tertiary alicyclic amines) is 1. The lowest BCUT2D eigenvalue weighted by atomic mass is 9.90. The molecule has 1 amide bonds. The average Bonchev–Trinajstić information content (AvgIpc) is 2.82. The zero-order chi connectivity index (χ0) is 22.3. The predicted octanol–water partition coefficient (Wildman–Crippen LogP) is 4.29. The number of amides is 1. The summed E-state index contributed by atoms with van der Waals surface area (Å²) < 4.78 is 5.36. The van der Waals surface area contributed by atoms with Crippen LogP contribution < -0.4 is 15.0 Å². The van der Waals surface area contributed by atoms with Gasteiger partial charge in [0, 0.05) is 11.1 Å². The molecule has 3 aromatic rings. The van der Waals surface area contributed by atoms with Crippen LogP contribution in [0.15, 0.2) is 72.8 Å². The molecule has 0 unspecified atom stereocenters. The number of carbonyl (C=O) groups excluding carboxylic acids is 1. The summed E-state index contributed by atoms with van der Waals surface area (Å²) in [6, 6.07) is 24.6. The van der Waals surface area contributed by atoms with E-state index in [9.17, 15) is 4.79 Å². The first-order valence-electron chi connectivity index (χ1n) is 11.5. The number of anilines is 1. The molecule has 1 heterocycles. The fourth-order valence-corrected chi connectivity index (χ4v) is 4.59. The van der Waals surface area contributed by atoms with Crippen LogP contribution in [-0.4, -0.2) is 26.1 Å². The van der Waals surface area contributed by atoms with Gasteiger partial charge >= 0.3 is 0 Å². The molecule has 1 aliphatic rings. The van der Waals surface area contributed by atoms with E-state index < -0.39 is 0 Å². The number of ether oxygens (including phenoxy) is 1. The van der Waals surface area contributed by atoms with Gasteiger partial charge in [0.25, 0.3) is 5.91 Å². The summed E-state index contributed by atoms with van der Waals surface area (Å²) in [5, 5.41) is 2.98. The second-order valence-electron chi connectivity index (χ2n) is 8.91. The Bertz CT molecular complexity index is 1020. The molecule has 0 radical (unpaired) electrons. The molecule has 0 saturated carbocycles. The first kappa shape index (κ1) is 22.1. The van der Waals surface area contributed by atoms with Crippen LogP contribution in [0.1, 0.15) is 39.9 Å². The SMILES string of the molecule is COc1ccc(C)cc1NC(=O)c1ccc(C[NH+]2CCC(Cc3ccccc3)CC2)cc1. The van der Waals surface area contributed by atoms with Crippen molar-refractivity contribution in [1.29, 1.82) is 0 Å². The van der Waals surface area contributed by atoms with Crippen molar-refractivity contribution in [2.24, 2.45) is 5.92 Å². The average molecular weight is 430 g/mol. The summed E-state index contributed by atoms with van der Waals surface area (Å²) in [5.74, 6) is 1.35. The highest BCUT2D eigenvalue weighted by Crippen LogP contribution is 2.25. The highest BCUT2D eigenvalue weighted by molar-refractivity contribution is 6.05. The Morgan fingerprint density at radius 1 is 0.969 bits per heavy atom. The van der Waals surface area contributed by atoms with Crippen LogP contribution in [0.3, 0.4) is 0 Å². The van der Waals surface area contributed by atoms with Crippen LogP contribution in [0.25, 0.3) is 0 Å². The minimum absolute atomic E-state index is 0.116. The van der Waals surface area contributed by atoms with Crippen molar-refractivity contribution in [3.05, 3.63) is 95.1 Å². The summed E-state index contributed by atoms with van der Waals surface area (Å²) in [5.41, 5.74) is 5.18. The van der Waals surface area contributed by atoms with E-state index in [2.05, 4.69) is 47.8 Å². The Morgan fingerprint density at radius 3 is 2.38 bits per heavy atom. The standard InChI is InChI=1S/C28H32N2O2/c1-21-8-13-27(32-2)26(18-21)29-28(31)25-11-9-24(10-12-25)20-30-16-14-23(15-17-30)19-22-6-4-3-5-7-22/h3-13,18,23H,14-17,19-20H2,1-2H3,(H,29,31)/p+1. The molecule has 32 heavy (non-hydrogen) atoms. The molecule has 1 fully saturated rings. The largest absolute Gasteiger partial charge is 0.495 e. The van der Waals surface area contributed by atoms with E-state index in [-0.39, 0.29) is 5.91 Å². The highest BCUT2D eigenvalue weighted by atomic mass is 16.5. The minimum atomic E-state index is -0.116. The van der Waals surface area contributed by atoms with Crippen LogP contribution in [0, 0.1) is 12.8 Å². The number of hydrogen-bond donors (Lipinski definition) is 2. The van der Waals surface area contributed by atoms with Crippen molar-refractivity contribution in [1.82, 2.24) is 0 Å². The molecule has 166 valence electrons. The maximum Gasteiger partial charge on any atom is 0.255 e. The van der Waals surface area contributed by atoms with Crippen molar-refractivity contribution in [3.63, 3.8) is 0 Å². The quantitative estimate of drug-likeness (QED) is 0.588. The minimum Gasteiger partial charge on any atom is -0.495 e. The van der Waals surface area contributed by atoms with Crippen LogP contribution in [0.4, 0.5) is 5.69 Å². The number of quaternary nitrogens is 1. The third kappa shape index (κ3) is 5.77. The first-order chi connectivity index (χ1) is 15.6. The van der Waals surface area contributed by atoms with Crippen molar-refractivity contribution in [2.75, 3.05) is 25.5 Å². The summed E-state index contributed by atoms with van der Waals surface area (Å²) in [6.07, 6.45) is 3.76. The third-order valence-corrected chi connectivity index (χ3v) is 6.45. The summed E-state index contributed by atoms with van der Waals surface area (Å²) in [4.78, 5) is 14.3. The summed E-state index contributed by atoms with van der Waals surface area (Å²) in [6.45, 7) is 5.45. The zero-order valence-corrected chi connectivity index (χ0v) is 19.1. The summed E-state index contributed by atoms with van der Waals surface area (Å²) in [7, 11) is 1.61. The van der Waals surface area contributed by atoms with Gasteiger partial charge in [-0.25, -0.2) is 0 Å². The van der Waals surface area contributed by atoms with Gasteiger partial charge in [0.2, 0.25) is 0 Å². The molecule has 2 N–H and O–H groups in total. The number of aryl methyl sites for hydroxylation is 1. The lowest BCUT2D eigenvalue weighted by molar-refractivity contribution is -0.919. The smallest absolute Gasteiger partial charge is 0.255 e. The van der Waals surface area contributed by atoms with Gasteiger partial charge in [-0.05, 0) is 67.5 Å². The van der Waals surface area contributed by atoms with Gasteiger partial charge in [0.05, 0.1) is 25.9 Å². The van der Waals surface area contributed by atoms with Crippen molar-refractivity contribution < 1.29 is 14.4 Å². The second-order valence-corrected chi connectivity index (χ2v) is 8.91. The predicted molar refractivity (Wildman–Crippen MR) is 129 cm³/mol. The van der Waals surface area contributed by atoms with Gasteiger partial charge in [0.1, 0.15) is 12.3 Å². The van der Waals surface area contributed by atoms with Gasteiger partial charge in [-0.1, -0.05) is 48.5 Å². The van der Waals surface area contributed by atoms with E-state index in [4.69, 9.17) is 4.74 Å². The maximum absolute atomic E-state index is 12.7. The molecule has 1 saturated heterocycles. The van der Waals surface area contributed by atoms with Crippen LogP contribution in [0.2, 0.25) is 0 Å². The molecule has 3 aromatic carbocycles. The Kier molecular flexibility index (Phi) is 7.23. The molecular weight excluding hydrogens is 396 g/mol. The molecule has 1 aliphatic heterocycles. The monoisotopic (exact) mass is 429 g/mol. The van der Waals surface area contributed by atoms with Gasteiger partial charge in [-0.15, -0.1) is 0 Å². The zero-order valence-electron chi connectivity index (χ0n) is 19.1. The lowest BCUT2D eigenvalue weighted by Gasteiger charge is -2.29. The molecule has 4 heteroatoms. The van der Waals surface area contributed by atoms with Gasteiger partial charge in [-0.2, -0.15) is 0 Å². The molecule has 4 nitrogen and oxygen atoms in total. The Labute approximate surface area is 191 Å². The van der Waals surface area contributed by atoms with Gasteiger partial charge in [0.15, 0.2) is 0 Å². The van der Waals surface area contributed by atoms with Crippen LogP contribution in [-0.2, 0) is 13.0 Å². The molecule has 0 aromatic heterocycles. The number of methoxy groups -OCH3 is 1. The van der Waals surface area contributed by atoms with Gasteiger partial charge < -0.3 is 15.0 Å². The van der Waals surface area contributed by atoms with Crippen molar-refractivity contribution in [3.8, 4) is 5.75 Å². The van der Waals surface area contributed by atoms with E-state index in [0.29, 0.717) is 17.0 Å². The molecule has 0 bridgehead atoms. The van der Waals surface area contributed by atoms with Gasteiger partial charge in [-0.3, -0.25) is 4.79 Å². The van der Waals surface area contributed by atoms with E-state index in [1.807, 2.05) is 37.3 Å². The molecule has 4 rings (SSSR count). The first-order valence-corrected chi connectivity index (χ1v) is 11.5. The Morgan fingerprint density at radius 2 is 1.69 bits per heavy atom. The third-order valence-electron chi connectivity index (χ3n) is 6.45. The topological polar surface area (TPSA) is 42.8 Å². The lowest BCUT2D eigenvalue weighted by Crippen LogP contribution is -3.11. The molecular formula is C28H33N2O2+. The fraction of sp³-hybridized carbons (Fsp3) is 0.321. The Balaban J connectivity index is 1.29. The van der Waals surface area contributed by atoms with E-state index in [0.717, 1.165) is 18.0 Å². The Hall–Kier alpha value is -3.11. The normalized spacial score (nSPS) is 18.2. The summed E-state index contributed by atoms with van der Waals surface area (Å²) >= 11 is 0. The van der Waals surface area contributed by atoms with Crippen molar-refractivity contribution >= 4 is 11.6 Å². The van der Waals surface area contributed by atoms with E-state index >= 15 is 0 Å². The van der Waals surface area contributed by atoms with E-state index in [1.165, 1.54) is 43.5 Å². The number of hydrogen-bond acceptors (Lipinski definition) is 2. The van der Waals surface area contributed by atoms with Crippen molar-refractivity contribution in [2.45, 2.75) is 32.7 Å². The van der Waals surface area contributed by atoms with E-state index in [1.54, 1.807) is 12.0 Å². The maximum atomic E-state index is 12.7. The number of carbonyl (C=O) groups is 1. The number of rotatable bonds is 7. The van der Waals surface area contributed by atoms with Crippen LogP contribution in [0.5, 0.6) is 5.75 Å². The highest BCUT2D eigenvalue weighted by Gasteiger charge is 2.22. The molecule has 0 aliphatic carbocycles. The fourth-order valence-electron chi connectivity index (χ4n) is 4.59. The second kappa shape index (κ2) is 10.5. The number of nitrogens with one attached hydrogen (secondary N) is 2. The number of piperidine rings is 1. The van der Waals surface area contributed by atoms with Crippen LogP contribution >= 0.6 is 0 Å². The molecule has 0 spiro atoms. The number of benzene rings is 3.